The molecule has 0 saturated heterocycles. The third-order valence-electron chi connectivity index (χ3n) is 8.26. The lowest BCUT2D eigenvalue weighted by Crippen LogP contribution is -2.42. The molecule has 2 rings (SSSR count). The highest BCUT2D eigenvalue weighted by Crippen LogP contribution is 2.24. The number of unbranched alkanes of at least 4 members (excludes halogenated alkanes) is 5. The molecule has 272 valence electrons. The Morgan fingerprint density at radius 1 is 0.714 bits per heavy atom. The third kappa shape index (κ3) is 15.1. The summed E-state index contributed by atoms with van der Waals surface area (Å²) in [5.41, 5.74) is 19.1. The second-order valence-electron chi connectivity index (χ2n) is 13.8. The van der Waals surface area contributed by atoms with Gasteiger partial charge in [0.1, 0.15) is 11.5 Å². The summed E-state index contributed by atoms with van der Waals surface area (Å²) >= 11 is 0. The highest BCUT2D eigenvalue weighted by molar-refractivity contribution is 6.01. The van der Waals surface area contributed by atoms with Crippen LogP contribution in [-0.4, -0.2) is 55.2 Å². The molecule has 0 aliphatic carbocycles. The summed E-state index contributed by atoms with van der Waals surface area (Å²) in [5, 5.41) is 2.95. The van der Waals surface area contributed by atoms with Gasteiger partial charge in [-0.1, -0.05) is 66.0 Å². The van der Waals surface area contributed by atoms with E-state index in [9.17, 15) is 19.2 Å². The number of nitrogens with one attached hydrogen (secondary N) is 1. The Morgan fingerprint density at radius 3 is 1.78 bits per heavy atom. The molecule has 49 heavy (non-hydrogen) atoms. The van der Waals surface area contributed by atoms with Gasteiger partial charge in [-0.15, -0.1) is 0 Å². The summed E-state index contributed by atoms with van der Waals surface area (Å²) < 4.78 is 11.9. The van der Waals surface area contributed by atoms with Crippen molar-refractivity contribution in [2.75, 3.05) is 19.8 Å². The molecule has 0 spiro atoms. The number of nitrogens with two attached hydrogens (primary N) is 3. The fourth-order valence-electron chi connectivity index (χ4n) is 5.59. The van der Waals surface area contributed by atoms with Crippen molar-refractivity contribution in [3.8, 4) is 11.5 Å². The molecule has 2 amide bonds. The SMILES string of the molecule is CCCCCCOc1ccc(CC(=O)[C@H](CC(C)C)NC(=O)c2cc(CC(=O)[C@H](N)CC(C)C)ccc2OCCCCCN)cc1C(N)=O. The monoisotopic (exact) mass is 680 g/mol. The highest BCUT2D eigenvalue weighted by atomic mass is 16.5. The minimum atomic E-state index is -0.804. The Balaban J connectivity index is 2.29. The number of rotatable bonds is 25. The summed E-state index contributed by atoms with van der Waals surface area (Å²) in [7, 11) is 0. The minimum absolute atomic E-state index is 0.0124. The maximum atomic E-state index is 13.9. The third-order valence-corrected chi connectivity index (χ3v) is 8.26. The van der Waals surface area contributed by atoms with Crippen LogP contribution in [0.5, 0.6) is 11.5 Å². The number of carbonyl (C=O) groups is 4. The van der Waals surface area contributed by atoms with E-state index in [2.05, 4.69) is 12.2 Å². The molecule has 0 aliphatic heterocycles. The van der Waals surface area contributed by atoms with Crippen molar-refractivity contribution in [2.45, 2.75) is 117 Å². The first-order valence-electron chi connectivity index (χ1n) is 18.0. The topological polar surface area (TPSA) is 177 Å². The zero-order chi connectivity index (χ0) is 36.3. The van der Waals surface area contributed by atoms with Gasteiger partial charge in [0, 0.05) is 12.8 Å². The maximum Gasteiger partial charge on any atom is 0.255 e. The molecular formula is C39H60N4O6. The van der Waals surface area contributed by atoms with E-state index < -0.39 is 23.9 Å². The standard InChI is InChI=1S/C39H60N4O6/c1-6-7-8-11-18-48-36-15-13-28(22-30(36)38(42)46)25-35(45)33(21-27(4)5)43-39(47)31-23-29(24-34(44)32(41)20-26(2)3)14-16-37(31)49-19-12-9-10-17-40/h13-16,22-23,26-27,32-33H,6-12,17-21,24-25,40-41H2,1-5H3,(H2,42,46)(H,43,47)/t32-,33+/m1/s1. The van der Waals surface area contributed by atoms with Gasteiger partial charge in [-0.2, -0.15) is 0 Å². The van der Waals surface area contributed by atoms with Gasteiger partial charge >= 0.3 is 0 Å². The number of amides is 2. The number of ketones is 2. The Morgan fingerprint density at radius 2 is 1.24 bits per heavy atom. The van der Waals surface area contributed by atoms with Crippen LogP contribution >= 0.6 is 0 Å². The zero-order valence-corrected chi connectivity index (χ0v) is 30.4. The lowest BCUT2D eigenvalue weighted by molar-refractivity contribution is -0.121. The van der Waals surface area contributed by atoms with Gasteiger partial charge in [0.15, 0.2) is 11.6 Å². The Hall–Kier alpha value is -3.76. The van der Waals surface area contributed by atoms with Crippen LogP contribution in [-0.2, 0) is 22.4 Å². The molecule has 10 heteroatoms. The molecule has 7 N–H and O–H groups in total. The van der Waals surface area contributed by atoms with Crippen molar-refractivity contribution in [3.05, 3.63) is 58.7 Å². The number of hydrogen-bond donors (Lipinski definition) is 4. The van der Waals surface area contributed by atoms with Crippen LogP contribution < -0.4 is 32.0 Å². The number of carbonyl (C=O) groups excluding carboxylic acids is 4. The van der Waals surface area contributed by atoms with E-state index >= 15 is 0 Å². The molecule has 0 radical (unpaired) electrons. The molecule has 0 fully saturated rings. The van der Waals surface area contributed by atoms with Crippen LogP contribution in [0.15, 0.2) is 36.4 Å². The zero-order valence-electron chi connectivity index (χ0n) is 30.4. The molecule has 0 bridgehead atoms. The largest absolute Gasteiger partial charge is 0.493 e. The minimum Gasteiger partial charge on any atom is -0.493 e. The first-order chi connectivity index (χ1) is 23.4. The van der Waals surface area contributed by atoms with E-state index in [4.69, 9.17) is 26.7 Å². The summed E-state index contributed by atoms with van der Waals surface area (Å²) in [4.78, 5) is 52.7. The van der Waals surface area contributed by atoms with Gasteiger partial charge < -0.3 is 32.0 Å². The van der Waals surface area contributed by atoms with Crippen molar-refractivity contribution in [3.63, 3.8) is 0 Å². The molecule has 0 unspecified atom stereocenters. The summed E-state index contributed by atoms with van der Waals surface area (Å²) in [6.45, 7) is 11.6. The van der Waals surface area contributed by atoms with E-state index in [-0.39, 0.29) is 47.4 Å². The molecule has 0 aromatic heterocycles. The number of ether oxygens (including phenoxy) is 2. The molecule has 2 aromatic carbocycles. The summed E-state index contributed by atoms with van der Waals surface area (Å²) in [5.74, 6) is -0.271. The average Bonchev–Trinajstić information content (AvgIpc) is 3.04. The van der Waals surface area contributed by atoms with E-state index in [0.29, 0.717) is 55.2 Å². The molecule has 0 heterocycles. The first-order valence-corrected chi connectivity index (χ1v) is 18.0. The second-order valence-corrected chi connectivity index (χ2v) is 13.8. The van der Waals surface area contributed by atoms with Crippen molar-refractivity contribution in [1.29, 1.82) is 0 Å². The fourth-order valence-corrected chi connectivity index (χ4v) is 5.59. The van der Waals surface area contributed by atoms with E-state index in [1.165, 1.54) is 0 Å². The Labute approximate surface area is 293 Å². The molecular weight excluding hydrogens is 620 g/mol. The number of hydrogen-bond acceptors (Lipinski definition) is 8. The smallest absolute Gasteiger partial charge is 0.255 e. The Bertz CT molecular complexity index is 1360. The van der Waals surface area contributed by atoms with E-state index in [0.717, 1.165) is 44.9 Å². The van der Waals surface area contributed by atoms with Crippen molar-refractivity contribution < 1.29 is 28.7 Å². The van der Waals surface area contributed by atoms with Crippen molar-refractivity contribution in [2.24, 2.45) is 29.0 Å². The number of Topliss-reactive ketones (excluding diaryl/α,β-unsaturated/α-hetero) is 2. The highest BCUT2D eigenvalue weighted by Gasteiger charge is 2.26. The maximum absolute atomic E-state index is 13.9. The second kappa shape index (κ2) is 22.1. The quantitative estimate of drug-likeness (QED) is 0.0966. The first kappa shape index (κ1) is 41.4. The van der Waals surface area contributed by atoms with Gasteiger partial charge in [-0.3, -0.25) is 19.2 Å². The fraction of sp³-hybridized carbons (Fsp3) is 0.590. The van der Waals surface area contributed by atoms with Crippen LogP contribution in [0.4, 0.5) is 0 Å². The molecule has 0 saturated carbocycles. The molecule has 2 aromatic rings. The lowest BCUT2D eigenvalue weighted by Gasteiger charge is -2.21. The number of benzene rings is 2. The van der Waals surface area contributed by atoms with Crippen LogP contribution in [0.2, 0.25) is 0 Å². The number of primary amides is 1. The average molecular weight is 681 g/mol. The lowest BCUT2D eigenvalue weighted by atomic mass is 9.94. The molecule has 0 aliphatic rings. The molecule has 10 nitrogen and oxygen atoms in total. The normalized spacial score (nSPS) is 12.5. The van der Waals surface area contributed by atoms with Gasteiger partial charge in [0.2, 0.25) is 0 Å². The van der Waals surface area contributed by atoms with Crippen LogP contribution in [0.25, 0.3) is 0 Å². The van der Waals surface area contributed by atoms with Crippen molar-refractivity contribution >= 4 is 23.4 Å². The van der Waals surface area contributed by atoms with Crippen LogP contribution in [0, 0.1) is 11.8 Å². The Kier molecular flexibility index (Phi) is 18.6. The summed E-state index contributed by atoms with van der Waals surface area (Å²) in [6, 6.07) is 8.76. The van der Waals surface area contributed by atoms with Crippen molar-refractivity contribution in [1.82, 2.24) is 5.32 Å². The van der Waals surface area contributed by atoms with Crippen LogP contribution in [0.3, 0.4) is 0 Å². The van der Waals surface area contributed by atoms with Gasteiger partial charge in [0.25, 0.3) is 11.8 Å². The molecule has 2 atom stereocenters. The van der Waals surface area contributed by atoms with Gasteiger partial charge in [-0.25, -0.2) is 0 Å². The predicted molar refractivity (Wildman–Crippen MR) is 195 cm³/mol. The van der Waals surface area contributed by atoms with Gasteiger partial charge in [-0.05, 0) is 92.3 Å². The summed E-state index contributed by atoms with van der Waals surface area (Å²) in [6.07, 6.45) is 7.73. The van der Waals surface area contributed by atoms with Crippen LogP contribution in [0.1, 0.15) is 124 Å². The van der Waals surface area contributed by atoms with E-state index in [1.807, 2.05) is 27.7 Å². The van der Waals surface area contributed by atoms with Gasteiger partial charge in [0.05, 0.1) is 36.4 Å². The predicted octanol–water partition coefficient (Wildman–Crippen LogP) is 5.69. The van der Waals surface area contributed by atoms with E-state index in [1.54, 1.807) is 36.4 Å².